The minimum absolute atomic E-state index is 0.261. The van der Waals surface area contributed by atoms with E-state index in [2.05, 4.69) is 85.3 Å². The quantitative estimate of drug-likeness (QED) is 0.758. The Morgan fingerprint density at radius 2 is 1.76 bits per heavy atom. The van der Waals surface area contributed by atoms with Gasteiger partial charge in [-0.1, -0.05) is 58.7 Å². The molecule has 2 heteroatoms. The molecular weight excluding hydrogens is 322 g/mol. The summed E-state index contributed by atoms with van der Waals surface area (Å²) in [5, 5.41) is 3.70. The van der Waals surface area contributed by atoms with E-state index in [1.807, 2.05) is 0 Å². The lowest BCUT2D eigenvalue weighted by Crippen LogP contribution is -2.24. The Hall–Kier alpha value is -1.12. The van der Waals surface area contributed by atoms with Crippen LogP contribution in [0.1, 0.15) is 47.2 Å². The molecule has 0 aliphatic rings. The van der Waals surface area contributed by atoms with E-state index in [-0.39, 0.29) is 6.04 Å². The van der Waals surface area contributed by atoms with Gasteiger partial charge in [-0.05, 0) is 62.1 Å². The molecule has 0 fully saturated rings. The van der Waals surface area contributed by atoms with E-state index in [9.17, 15) is 0 Å². The van der Waals surface area contributed by atoms with Crippen molar-refractivity contribution in [2.24, 2.45) is 0 Å². The zero-order valence-corrected chi connectivity index (χ0v) is 14.9. The van der Waals surface area contributed by atoms with Crippen LogP contribution in [0.15, 0.2) is 40.9 Å². The molecule has 0 saturated carbocycles. The summed E-state index contributed by atoms with van der Waals surface area (Å²) in [6, 6.07) is 13.6. The van der Waals surface area contributed by atoms with Gasteiger partial charge in [-0.15, -0.1) is 0 Å². The van der Waals surface area contributed by atoms with E-state index in [1.54, 1.807) is 0 Å². The van der Waals surface area contributed by atoms with Gasteiger partial charge < -0.3 is 5.32 Å². The molecule has 112 valence electrons. The fraction of sp³-hybridized carbons (Fsp3) is 0.368. The predicted molar refractivity (Wildman–Crippen MR) is 94.9 cm³/mol. The van der Waals surface area contributed by atoms with Crippen molar-refractivity contribution in [1.82, 2.24) is 5.32 Å². The van der Waals surface area contributed by atoms with Gasteiger partial charge in [-0.3, -0.25) is 0 Å². The van der Waals surface area contributed by atoms with Crippen molar-refractivity contribution >= 4 is 15.9 Å². The molecule has 0 saturated heterocycles. The average Bonchev–Trinajstić information content (AvgIpc) is 2.46. The van der Waals surface area contributed by atoms with Crippen LogP contribution in [0, 0.1) is 20.8 Å². The summed E-state index contributed by atoms with van der Waals surface area (Å²) in [4.78, 5) is 0. The third-order valence-corrected chi connectivity index (χ3v) is 4.75. The first kappa shape index (κ1) is 16.3. The Bertz CT molecular complexity index is 619. The van der Waals surface area contributed by atoms with Gasteiger partial charge in [0.25, 0.3) is 0 Å². The minimum atomic E-state index is 0.261. The van der Waals surface area contributed by atoms with Crippen molar-refractivity contribution in [3.8, 4) is 0 Å². The van der Waals surface area contributed by atoms with Crippen molar-refractivity contribution in [1.29, 1.82) is 0 Å². The topological polar surface area (TPSA) is 12.0 Å². The fourth-order valence-electron chi connectivity index (χ4n) is 2.61. The minimum Gasteiger partial charge on any atom is -0.306 e. The molecule has 2 aromatic carbocycles. The molecule has 0 spiro atoms. The number of rotatable bonds is 5. The van der Waals surface area contributed by atoms with Crippen molar-refractivity contribution < 1.29 is 0 Å². The van der Waals surface area contributed by atoms with E-state index in [0.29, 0.717) is 0 Å². The van der Waals surface area contributed by atoms with E-state index in [4.69, 9.17) is 0 Å². The molecule has 0 aromatic heterocycles. The third kappa shape index (κ3) is 3.96. The van der Waals surface area contributed by atoms with Crippen LogP contribution in [0.4, 0.5) is 0 Å². The fourth-order valence-corrected chi connectivity index (χ4v) is 2.86. The van der Waals surface area contributed by atoms with Crippen LogP contribution in [0.5, 0.6) is 0 Å². The summed E-state index contributed by atoms with van der Waals surface area (Å²) in [5.41, 5.74) is 6.65. The third-order valence-electron chi connectivity index (χ3n) is 3.86. The zero-order valence-electron chi connectivity index (χ0n) is 13.3. The summed E-state index contributed by atoms with van der Waals surface area (Å²) in [7, 11) is 0. The zero-order chi connectivity index (χ0) is 15.4. The highest BCUT2D eigenvalue weighted by molar-refractivity contribution is 9.10. The molecule has 0 bridgehead atoms. The predicted octanol–water partition coefficient (Wildman–Crippen LogP) is 5.46. The molecule has 0 heterocycles. The van der Waals surface area contributed by atoms with E-state index in [0.717, 1.165) is 13.0 Å². The lowest BCUT2D eigenvalue weighted by Gasteiger charge is -2.23. The van der Waals surface area contributed by atoms with Gasteiger partial charge >= 0.3 is 0 Å². The summed E-state index contributed by atoms with van der Waals surface area (Å²) in [5.74, 6) is 0. The van der Waals surface area contributed by atoms with Gasteiger partial charge in [-0.2, -0.15) is 0 Å². The van der Waals surface area contributed by atoms with Gasteiger partial charge in [0.15, 0.2) is 0 Å². The molecule has 0 radical (unpaired) electrons. The molecule has 0 aliphatic heterocycles. The Kier molecular flexibility index (Phi) is 5.60. The number of benzene rings is 2. The monoisotopic (exact) mass is 345 g/mol. The molecule has 2 rings (SSSR count). The molecule has 1 unspecified atom stereocenters. The van der Waals surface area contributed by atoms with Crippen LogP contribution >= 0.6 is 15.9 Å². The van der Waals surface area contributed by atoms with Crippen molar-refractivity contribution in [2.75, 3.05) is 6.54 Å². The molecule has 21 heavy (non-hydrogen) atoms. The molecule has 1 N–H and O–H groups in total. The lowest BCUT2D eigenvalue weighted by atomic mass is 9.92. The van der Waals surface area contributed by atoms with Crippen LogP contribution < -0.4 is 5.32 Å². The smallest absolute Gasteiger partial charge is 0.0579 e. The average molecular weight is 346 g/mol. The van der Waals surface area contributed by atoms with Gasteiger partial charge in [0.2, 0.25) is 0 Å². The summed E-state index contributed by atoms with van der Waals surface area (Å²) in [6.45, 7) is 9.73. The first-order valence-electron chi connectivity index (χ1n) is 7.59. The Morgan fingerprint density at radius 1 is 1.00 bits per heavy atom. The molecule has 0 amide bonds. The standard InChI is InChI=1S/C19H24BrN/c1-5-10-21-19(16-8-9-18(20)15(4)12-16)17-11-13(2)6-7-14(17)3/h6-9,11-12,19,21H,5,10H2,1-4H3. The highest BCUT2D eigenvalue weighted by atomic mass is 79.9. The van der Waals surface area contributed by atoms with Crippen molar-refractivity contribution in [2.45, 2.75) is 40.2 Å². The van der Waals surface area contributed by atoms with Gasteiger partial charge in [0.05, 0.1) is 6.04 Å². The molecule has 1 nitrogen and oxygen atoms in total. The highest BCUT2D eigenvalue weighted by Gasteiger charge is 2.16. The number of nitrogens with one attached hydrogen (secondary N) is 1. The number of hydrogen-bond acceptors (Lipinski definition) is 1. The Labute approximate surface area is 136 Å². The van der Waals surface area contributed by atoms with Crippen LogP contribution in [0.3, 0.4) is 0 Å². The molecule has 0 aliphatic carbocycles. The Balaban J connectivity index is 2.46. The van der Waals surface area contributed by atoms with Crippen LogP contribution in [-0.4, -0.2) is 6.54 Å². The lowest BCUT2D eigenvalue weighted by molar-refractivity contribution is 0.595. The maximum atomic E-state index is 3.70. The maximum Gasteiger partial charge on any atom is 0.0579 e. The second-order valence-corrected chi connectivity index (χ2v) is 6.61. The molecule has 2 aromatic rings. The molecular formula is C19H24BrN. The second-order valence-electron chi connectivity index (χ2n) is 5.76. The van der Waals surface area contributed by atoms with E-state index >= 15 is 0 Å². The second kappa shape index (κ2) is 7.24. The van der Waals surface area contributed by atoms with Crippen LogP contribution in [0.2, 0.25) is 0 Å². The number of halogens is 1. The molecule has 1 atom stereocenters. The summed E-state index contributed by atoms with van der Waals surface area (Å²) in [6.07, 6.45) is 1.14. The van der Waals surface area contributed by atoms with Gasteiger partial charge in [0.1, 0.15) is 0 Å². The van der Waals surface area contributed by atoms with Crippen LogP contribution in [-0.2, 0) is 0 Å². The number of hydrogen-bond donors (Lipinski definition) is 1. The van der Waals surface area contributed by atoms with Crippen molar-refractivity contribution in [3.63, 3.8) is 0 Å². The van der Waals surface area contributed by atoms with Crippen LogP contribution in [0.25, 0.3) is 0 Å². The summed E-state index contributed by atoms with van der Waals surface area (Å²) < 4.78 is 1.17. The summed E-state index contributed by atoms with van der Waals surface area (Å²) >= 11 is 3.59. The Morgan fingerprint density at radius 3 is 2.43 bits per heavy atom. The number of aryl methyl sites for hydroxylation is 3. The first-order chi connectivity index (χ1) is 10.0. The van der Waals surface area contributed by atoms with Gasteiger partial charge in [0, 0.05) is 4.47 Å². The van der Waals surface area contributed by atoms with Crippen molar-refractivity contribution in [3.05, 3.63) is 68.7 Å². The highest BCUT2D eigenvalue weighted by Crippen LogP contribution is 2.28. The normalized spacial score (nSPS) is 12.4. The van der Waals surface area contributed by atoms with E-state index in [1.165, 1.54) is 32.3 Å². The van der Waals surface area contributed by atoms with E-state index < -0.39 is 0 Å². The van der Waals surface area contributed by atoms with Gasteiger partial charge in [-0.25, -0.2) is 0 Å². The SMILES string of the molecule is CCCNC(c1ccc(Br)c(C)c1)c1cc(C)ccc1C. The largest absolute Gasteiger partial charge is 0.306 e. The maximum absolute atomic E-state index is 3.70. The first-order valence-corrected chi connectivity index (χ1v) is 8.38.